The van der Waals surface area contributed by atoms with Gasteiger partial charge in [0, 0.05) is 23.7 Å². The first kappa shape index (κ1) is 19.1. The number of hydrogen-bond acceptors (Lipinski definition) is 5. The number of imide groups is 2. The molecule has 0 spiro atoms. The Morgan fingerprint density at radius 2 is 1.93 bits per heavy atom. The average molecular weight is 371 g/mol. The molecule has 2 fully saturated rings. The molecule has 1 unspecified atom stereocenters. The van der Waals surface area contributed by atoms with E-state index in [4.69, 9.17) is 0 Å². The zero-order valence-corrected chi connectivity index (χ0v) is 15.5. The molecule has 2 N–H and O–H groups in total. The summed E-state index contributed by atoms with van der Waals surface area (Å²) in [5, 5.41) is 5.70. The topological polar surface area (TPSA) is 95.6 Å². The zero-order valence-electron chi connectivity index (χ0n) is 15.5. The first-order chi connectivity index (χ1) is 13.0. The second kappa shape index (κ2) is 8.33. The van der Waals surface area contributed by atoms with Gasteiger partial charge < -0.3 is 5.32 Å². The Bertz CT molecular complexity index is 756. The van der Waals surface area contributed by atoms with Crippen LogP contribution in [0.1, 0.15) is 60.9 Å². The molecular weight excluding hydrogens is 346 g/mol. The number of benzene rings is 1. The fraction of sp³-hybridized carbons (Fsp3) is 0.500. The molecule has 7 heteroatoms. The fourth-order valence-corrected chi connectivity index (χ4v) is 3.84. The van der Waals surface area contributed by atoms with Crippen LogP contribution in [0.5, 0.6) is 0 Å². The van der Waals surface area contributed by atoms with Crippen LogP contribution in [0, 0.1) is 6.92 Å². The molecule has 1 saturated carbocycles. The number of nitrogens with zero attached hydrogens (tertiary/aromatic N) is 1. The van der Waals surface area contributed by atoms with Gasteiger partial charge in [-0.25, -0.2) is 0 Å². The van der Waals surface area contributed by atoms with E-state index in [1.807, 2.05) is 13.0 Å². The van der Waals surface area contributed by atoms with E-state index in [9.17, 15) is 19.2 Å². The summed E-state index contributed by atoms with van der Waals surface area (Å²) in [4.78, 5) is 48.8. The Labute approximate surface area is 158 Å². The van der Waals surface area contributed by atoms with Gasteiger partial charge in [-0.3, -0.25) is 29.4 Å². The van der Waals surface area contributed by atoms with E-state index >= 15 is 0 Å². The van der Waals surface area contributed by atoms with Crippen molar-refractivity contribution in [3.05, 3.63) is 29.3 Å². The van der Waals surface area contributed by atoms with E-state index in [0.29, 0.717) is 18.0 Å². The van der Waals surface area contributed by atoms with Crippen LogP contribution >= 0.6 is 0 Å². The highest BCUT2D eigenvalue weighted by Gasteiger charge is 2.35. The van der Waals surface area contributed by atoms with E-state index in [0.717, 1.165) is 29.0 Å². The van der Waals surface area contributed by atoms with Crippen LogP contribution < -0.4 is 10.6 Å². The number of carbonyl (C=O) groups excluding carboxylic acids is 4. The van der Waals surface area contributed by atoms with Crippen molar-refractivity contribution in [2.45, 2.75) is 64.0 Å². The quantitative estimate of drug-likeness (QED) is 0.611. The van der Waals surface area contributed by atoms with Gasteiger partial charge in [0.2, 0.25) is 18.2 Å². The van der Waals surface area contributed by atoms with E-state index in [1.54, 1.807) is 12.1 Å². The lowest BCUT2D eigenvalue weighted by Crippen LogP contribution is -2.53. The van der Waals surface area contributed by atoms with Crippen LogP contribution in [-0.2, 0) is 14.4 Å². The molecule has 7 nitrogen and oxygen atoms in total. The Balaban J connectivity index is 1.80. The minimum atomic E-state index is -0.956. The molecule has 3 rings (SSSR count). The number of anilines is 1. The second-order valence-electron chi connectivity index (χ2n) is 7.24. The third-order valence-electron chi connectivity index (χ3n) is 5.42. The van der Waals surface area contributed by atoms with Crippen molar-refractivity contribution in [3.63, 3.8) is 0 Å². The summed E-state index contributed by atoms with van der Waals surface area (Å²) in [7, 11) is 0. The van der Waals surface area contributed by atoms with Crippen molar-refractivity contribution in [2.75, 3.05) is 5.32 Å². The molecule has 27 heavy (non-hydrogen) atoms. The smallest absolute Gasteiger partial charge is 0.261 e. The van der Waals surface area contributed by atoms with Gasteiger partial charge in [0.05, 0.1) is 0 Å². The molecule has 1 aromatic rings. The molecule has 0 radical (unpaired) electrons. The van der Waals surface area contributed by atoms with Gasteiger partial charge in [0.1, 0.15) is 6.04 Å². The van der Waals surface area contributed by atoms with Crippen LogP contribution in [0.2, 0.25) is 0 Å². The molecule has 0 bridgehead atoms. The molecule has 1 aliphatic heterocycles. The minimum absolute atomic E-state index is 0.107. The standard InChI is InChI=1S/C20H25N3O4/c1-13-15(8-5-9-16(13)21-14-6-3-2-4-7-14)20(27)23(12-24)17-10-11-18(25)22-19(17)26/h5,8-9,12,14,17,21H,2-4,6-7,10-11H2,1H3,(H,22,25,26). The van der Waals surface area contributed by atoms with Crippen LogP contribution in [-0.4, -0.2) is 41.1 Å². The van der Waals surface area contributed by atoms with Crippen LogP contribution in [0.4, 0.5) is 5.69 Å². The maximum Gasteiger partial charge on any atom is 0.261 e. The van der Waals surface area contributed by atoms with Crippen molar-refractivity contribution < 1.29 is 19.2 Å². The van der Waals surface area contributed by atoms with Crippen molar-refractivity contribution in [1.82, 2.24) is 10.2 Å². The summed E-state index contributed by atoms with van der Waals surface area (Å²) >= 11 is 0. The van der Waals surface area contributed by atoms with Gasteiger partial charge in [-0.2, -0.15) is 0 Å². The molecule has 144 valence electrons. The summed E-state index contributed by atoms with van der Waals surface area (Å²) in [5.74, 6) is -1.52. The van der Waals surface area contributed by atoms with Gasteiger partial charge in [0.25, 0.3) is 5.91 Å². The molecule has 4 amide bonds. The summed E-state index contributed by atoms with van der Waals surface area (Å²) in [6.07, 6.45) is 6.50. The molecule has 0 aromatic heterocycles. The Morgan fingerprint density at radius 3 is 2.59 bits per heavy atom. The van der Waals surface area contributed by atoms with Crippen molar-refractivity contribution in [3.8, 4) is 0 Å². The van der Waals surface area contributed by atoms with E-state index in [1.165, 1.54) is 19.3 Å². The Kier molecular flexibility index (Phi) is 5.88. The predicted molar refractivity (Wildman–Crippen MR) is 100 cm³/mol. The SMILES string of the molecule is Cc1c(NC2CCCCC2)cccc1C(=O)N(C=O)C1CCC(=O)NC1=O. The third kappa shape index (κ3) is 4.18. The first-order valence-electron chi connectivity index (χ1n) is 9.49. The number of hydrogen-bond donors (Lipinski definition) is 2. The summed E-state index contributed by atoms with van der Waals surface area (Å²) < 4.78 is 0. The largest absolute Gasteiger partial charge is 0.382 e. The van der Waals surface area contributed by atoms with Gasteiger partial charge in [0.15, 0.2) is 0 Å². The molecular formula is C20H25N3O4. The van der Waals surface area contributed by atoms with E-state index in [2.05, 4.69) is 10.6 Å². The minimum Gasteiger partial charge on any atom is -0.382 e. The van der Waals surface area contributed by atoms with Crippen LogP contribution in [0.15, 0.2) is 18.2 Å². The first-order valence-corrected chi connectivity index (χ1v) is 9.49. The maximum atomic E-state index is 13.0. The second-order valence-corrected chi connectivity index (χ2v) is 7.24. The molecule has 1 heterocycles. The highest BCUT2D eigenvalue weighted by molar-refractivity contribution is 6.08. The molecule has 1 aliphatic carbocycles. The van der Waals surface area contributed by atoms with Gasteiger partial charge in [-0.05, 0) is 43.9 Å². The molecule has 2 aliphatic rings. The predicted octanol–water partition coefficient (Wildman–Crippen LogP) is 2.14. The van der Waals surface area contributed by atoms with Crippen molar-refractivity contribution in [2.24, 2.45) is 0 Å². The normalized spacial score (nSPS) is 20.7. The van der Waals surface area contributed by atoms with Gasteiger partial charge >= 0.3 is 0 Å². The monoisotopic (exact) mass is 371 g/mol. The number of rotatable bonds is 5. The summed E-state index contributed by atoms with van der Waals surface area (Å²) in [6, 6.07) is 4.80. The lowest BCUT2D eigenvalue weighted by Gasteiger charge is -2.29. The Morgan fingerprint density at radius 1 is 1.19 bits per heavy atom. The molecule has 1 atom stereocenters. The third-order valence-corrected chi connectivity index (χ3v) is 5.42. The van der Waals surface area contributed by atoms with Crippen LogP contribution in [0.25, 0.3) is 0 Å². The van der Waals surface area contributed by atoms with E-state index in [-0.39, 0.29) is 18.7 Å². The van der Waals surface area contributed by atoms with Crippen molar-refractivity contribution in [1.29, 1.82) is 0 Å². The number of carbonyl (C=O) groups is 4. The number of piperidine rings is 1. The lowest BCUT2D eigenvalue weighted by molar-refractivity contribution is -0.139. The average Bonchev–Trinajstić information content (AvgIpc) is 2.66. The lowest BCUT2D eigenvalue weighted by atomic mass is 9.94. The maximum absolute atomic E-state index is 13.0. The summed E-state index contributed by atoms with van der Waals surface area (Å²) in [6.45, 7) is 1.84. The van der Waals surface area contributed by atoms with Crippen molar-refractivity contribution >= 4 is 29.8 Å². The Hall–Kier alpha value is -2.70. The van der Waals surface area contributed by atoms with Gasteiger partial charge in [-0.1, -0.05) is 25.3 Å². The van der Waals surface area contributed by atoms with E-state index < -0.39 is 17.9 Å². The van der Waals surface area contributed by atoms with Gasteiger partial charge in [-0.15, -0.1) is 0 Å². The molecule has 1 saturated heterocycles. The highest BCUT2D eigenvalue weighted by atomic mass is 16.2. The molecule has 1 aromatic carbocycles. The van der Waals surface area contributed by atoms with Crippen LogP contribution in [0.3, 0.4) is 0 Å². The number of nitrogens with one attached hydrogen (secondary N) is 2. The summed E-state index contributed by atoms with van der Waals surface area (Å²) in [5.41, 5.74) is 2.02. The zero-order chi connectivity index (χ0) is 19.4. The number of amides is 4. The highest BCUT2D eigenvalue weighted by Crippen LogP contribution is 2.26. The fourth-order valence-electron chi connectivity index (χ4n) is 3.84.